The van der Waals surface area contributed by atoms with Crippen LogP contribution in [0.2, 0.25) is 0 Å². The molecule has 0 unspecified atom stereocenters. The maximum absolute atomic E-state index is 5.54. The van der Waals surface area contributed by atoms with Crippen molar-refractivity contribution in [1.82, 2.24) is 0 Å². The molecule has 4 heteroatoms. The van der Waals surface area contributed by atoms with Crippen molar-refractivity contribution in [2.45, 2.75) is 18.8 Å². The van der Waals surface area contributed by atoms with Crippen LogP contribution >= 0.6 is 0 Å². The summed E-state index contributed by atoms with van der Waals surface area (Å²) in [5.41, 5.74) is 6.68. The van der Waals surface area contributed by atoms with E-state index < -0.39 is 0 Å². The number of hydrazone groups is 1. The van der Waals surface area contributed by atoms with Crippen LogP contribution in [0.15, 0.2) is 21.8 Å². The molecule has 0 amide bonds. The summed E-state index contributed by atoms with van der Waals surface area (Å²) < 4.78 is 5.18. The van der Waals surface area contributed by atoms with Crippen LogP contribution in [0.25, 0.3) is 0 Å². The minimum atomic E-state index is 0.280. The van der Waals surface area contributed by atoms with E-state index in [-0.39, 0.29) is 5.84 Å². The molecule has 2 rings (SSSR count). The Morgan fingerprint density at radius 1 is 1.58 bits per heavy atom. The molecule has 1 fully saturated rings. The lowest BCUT2D eigenvalue weighted by Crippen LogP contribution is -2.16. The van der Waals surface area contributed by atoms with Gasteiger partial charge in [-0.3, -0.25) is 0 Å². The zero-order valence-electron chi connectivity index (χ0n) is 6.66. The summed E-state index contributed by atoms with van der Waals surface area (Å²) in [4.78, 5) is 0. The Labute approximate surface area is 70.2 Å². The fourth-order valence-corrected chi connectivity index (χ4v) is 1.30. The van der Waals surface area contributed by atoms with Gasteiger partial charge in [0.1, 0.15) is 0 Å². The SMILES string of the molecule is N/N=C(\N)c1occc1C1CC1. The highest BCUT2D eigenvalue weighted by atomic mass is 16.3. The molecule has 1 aliphatic rings. The Bertz CT molecular complexity index is 312. The van der Waals surface area contributed by atoms with E-state index in [0.717, 1.165) is 5.56 Å². The zero-order chi connectivity index (χ0) is 8.55. The minimum absolute atomic E-state index is 0.280. The number of rotatable bonds is 2. The first-order chi connectivity index (χ1) is 5.83. The molecule has 1 aromatic rings. The molecule has 0 radical (unpaired) electrons. The van der Waals surface area contributed by atoms with Crippen molar-refractivity contribution in [1.29, 1.82) is 0 Å². The lowest BCUT2D eigenvalue weighted by atomic mass is 10.1. The van der Waals surface area contributed by atoms with Crippen molar-refractivity contribution in [2.75, 3.05) is 0 Å². The van der Waals surface area contributed by atoms with Gasteiger partial charge in [0.05, 0.1) is 6.26 Å². The molecule has 0 bridgehead atoms. The van der Waals surface area contributed by atoms with Gasteiger partial charge in [0, 0.05) is 5.56 Å². The van der Waals surface area contributed by atoms with Crippen molar-refractivity contribution in [3.63, 3.8) is 0 Å². The molecule has 1 saturated carbocycles. The third-order valence-corrected chi connectivity index (χ3v) is 2.08. The number of nitrogens with two attached hydrogens (primary N) is 2. The number of nitrogens with zero attached hydrogens (tertiary/aromatic N) is 1. The molecule has 0 aliphatic heterocycles. The Hall–Kier alpha value is -1.45. The maximum atomic E-state index is 5.54. The van der Waals surface area contributed by atoms with E-state index in [9.17, 15) is 0 Å². The summed E-state index contributed by atoms with van der Waals surface area (Å²) in [6.45, 7) is 0. The normalized spacial score (nSPS) is 18.2. The standard InChI is InChI=1S/C8H11N3O/c9-8(11-10)7-6(3-4-12-7)5-1-2-5/h3-5H,1-2,10H2,(H2,9,11). The first kappa shape index (κ1) is 7.21. The number of furan rings is 1. The topological polar surface area (TPSA) is 77.5 Å². The van der Waals surface area contributed by atoms with E-state index >= 15 is 0 Å². The monoisotopic (exact) mass is 165 g/mol. The first-order valence-electron chi connectivity index (χ1n) is 3.94. The molecule has 0 saturated heterocycles. The van der Waals surface area contributed by atoms with E-state index in [1.54, 1.807) is 6.26 Å². The lowest BCUT2D eigenvalue weighted by molar-refractivity contribution is 0.553. The number of hydrogen-bond donors (Lipinski definition) is 2. The Morgan fingerprint density at radius 2 is 2.33 bits per heavy atom. The van der Waals surface area contributed by atoms with Crippen molar-refractivity contribution in [2.24, 2.45) is 16.7 Å². The van der Waals surface area contributed by atoms with Gasteiger partial charge in [0.15, 0.2) is 11.6 Å². The molecule has 4 nitrogen and oxygen atoms in total. The third kappa shape index (κ3) is 1.05. The Morgan fingerprint density at radius 3 is 2.92 bits per heavy atom. The fraction of sp³-hybridized carbons (Fsp3) is 0.375. The highest BCUT2D eigenvalue weighted by molar-refractivity contribution is 5.96. The zero-order valence-corrected chi connectivity index (χ0v) is 6.66. The van der Waals surface area contributed by atoms with Crippen molar-refractivity contribution < 1.29 is 4.42 Å². The van der Waals surface area contributed by atoms with E-state index in [4.69, 9.17) is 16.0 Å². The summed E-state index contributed by atoms with van der Waals surface area (Å²) in [6, 6.07) is 1.94. The maximum Gasteiger partial charge on any atom is 0.186 e. The molecule has 0 spiro atoms. The van der Waals surface area contributed by atoms with Gasteiger partial charge in [-0.25, -0.2) is 0 Å². The number of hydrogen-bond acceptors (Lipinski definition) is 3. The average molecular weight is 165 g/mol. The number of amidine groups is 1. The summed E-state index contributed by atoms with van der Waals surface area (Å²) >= 11 is 0. The van der Waals surface area contributed by atoms with Gasteiger partial charge < -0.3 is 16.0 Å². The van der Waals surface area contributed by atoms with Crippen molar-refractivity contribution in [3.8, 4) is 0 Å². The van der Waals surface area contributed by atoms with Crippen LogP contribution in [0.1, 0.15) is 30.1 Å². The van der Waals surface area contributed by atoms with Gasteiger partial charge in [0.25, 0.3) is 0 Å². The molecule has 64 valence electrons. The fourth-order valence-electron chi connectivity index (χ4n) is 1.30. The molecule has 0 atom stereocenters. The Balaban J connectivity index is 2.35. The third-order valence-electron chi connectivity index (χ3n) is 2.08. The molecule has 12 heavy (non-hydrogen) atoms. The van der Waals surface area contributed by atoms with Gasteiger partial charge in [-0.15, -0.1) is 0 Å². The molecule has 1 aromatic heterocycles. The van der Waals surface area contributed by atoms with Crippen LogP contribution in [-0.4, -0.2) is 5.84 Å². The Kier molecular flexibility index (Phi) is 1.53. The van der Waals surface area contributed by atoms with Gasteiger partial charge >= 0.3 is 0 Å². The van der Waals surface area contributed by atoms with Crippen LogP contribution in [0.4, 0.5) is 0 Å². The van der Waals surface area contributed by atoms with Crippen LogP contribution in [-0.2, 0) is 0 Å². The highest BCUT2D eigenvalue weighted by Gasteiger charge is 2.28. The molecule has 0 aromatic carbocycles. The molecular weight excluding hydrogens is 154 g/mol. The quantitative estimate of drug-likeness (QED) is 0.293. The highest BCUT2D eigenvalue weighted by Crippen LogP contribution is 2.41. The second-order valence-electron chi connectivity index (χ2n) is 2.99. The van der Waals surface area contributed by atoms with Crippen molar-refractivity contribution >= 4 is 5.84 Å². The van der Waals surface area contributed by atoms with Crippen LogP contribution in [0.3, 0.4) is 0 Å². The second-order valence-corrected chi connectivity index (χ2v) is 2.99. The van der Waals surface area contributed by atoms with Crippen LogP contribution in [0.5, 0.6) is 0 Å². The predicted molar refractivity (Wildman–Crippen MR) is 45.6 cm³/mol. The summed E-state index contributed by atoms with van der Waals surface area (Å²) in [7, 11) is 0. The largest absolute Gasteiger partial charge is 0.461 e. The van der Waals surface area contributed by atoms with Gasteiger partial charge in [-0.05, 0) is 24.8 Å². The lowest BCUT2D eigenvalue weighted by Gasteiger charge is -1.97. The van der Waals surface area contributed by atoms with Gasteiger partial charge in [-0.1, -0.05) is 0 Å². The summed E-state index contributed by atoms with van der Waals surface area (Å²) in [6.07, 6.45) is 4.05. The minimum Gasteiger partial charge on any atom is -0.461 e. The predicted octanol–water partition coefficient (Wildman–Crippen LogP) is 0.736. The van der Waals surface area contributed by atoms with Crippen LogP contribution in [0, 0.1) is 0 Å². The van der Waals surface area contributed by atoms with Gasteiger partial charge in [0.2, 0.25) is 0 Å². The average Bonchev–Trinajstić information content (AvgIpc) is 2.83. The molecule has 1 aliphatic carbocycles. The summed E-state index contributed by atoms with van der Waals surface area (Å²) in [5.74, 6) is 6.58. The van der Waals surface area contributed by atoms with E-state index in [1.807, 2.05) is 6.07 Å². The van der Waals surface area contributed by atoms with E-state index in [2.05, 4.69) is 5.10 Å². The van der Waals surface area contributed by atoms with Gasteiger partial charge in [-0.2, -0.15) is 5.10 Å². The van der Waals surface area contributed by atoms with Crippen molar-refractivity contribution in [3.05, 3.63) is 23.7 Å². The van der Waals surface area contributed by atoms with Crippen LogP contribution < -0.4 is 11.6 Å². The molecule has 4 N–H and O–H groups in total. The molecule has 1 heterocycles. The second kappa shape index (κ2) is 2.55. The van der Waals surface area contributed by atoms with E-state index in [1.165, 1.54) is 12.8 Å². The van der Waals surface area contributed by atoms with E-state index in [0.29, 0.717) is 11.7 Å². The smallest absolute Gasteiger partial charge is 0.186 e. The summed E-state index contributed by atoms with van der Waals surface area (Å²) in [5, 5.41) is 3.40. The molecular formula is C8H11N3O. The first-order valence-corrected chi connectivity index (χ1v) is 3.94.